The van der Waals surface area contributed by atoms with Crippen LogP contribution >= 0.6 is 22.6 Å². The number of nitrogens with zero attached hydrogens (tertiary/aromatic N) is 1. The van der Waals surface area contributed by atoms with Crippen molar-refractivity contribution in [2.75, 3.05) is 14.1 Å². The molecule has 0 aliphatic rings. The average Bonchev–Trinajstić information content (AvgIpc) is 2.20. The highest BCUT2D eigenvalue weighted by molar-refractivity contribution is 14.1. The second-order valence-electron chi connectivity index (χ2n) is 3.04. The Morgan fingerprint density at radius 2 is 2.00 bits per heavy atom. The van der Waals surface area contributed by atoms with Gasteiger partial charge in [0.2, 0.25) is 0 Å². The number of urea groups is 1. The van der Waals surface area contributed by atoms with E-state index in [0.717, 1.165) is 5.56 Å². The third kappa shape index (κ3) is 3.17. The molecule has 1 N–H and O–H groups in total. The summed E-state index contributed by atoms with van der Waals surface area (Å²) < 4.78 is 1.20. The third-order valence-electron chi connectivity index (χ3n) is 1.89. The highest BCUT2D eigenvalue weighted by Gasteiger charge is 2.05. The number of hydrogen-bond acceptors (Lipinski definition) is 1. The van der Waals surface area contributed by atoms with Gasteiger partial charge >= 0.3 is 6.03 Å². The number of nitrogens with one attached hydrogen (secondary N) is 1. The van der Waals surface area contributed by atoms with Crippen molar-refractivity contribution in [1.82, 2.24) is 10.2 Å². The van der Waals surface area contributed by atoms with Crippen molar-refractivity contribution in [1.29, 1.82) is 0 Å². The largest absolute Gasteiger partial charge is 0.341 e. The summed E-state index contributed by atoms with van der Waals surface area (Å²) in [5, 5.41) is 2.58. The van der Waals surface area contributed by atoms with E-state index in [1.54, 1.807) is 19.0 Å². The summed E-state index contributed by atoms with van der Waals surface area (Å²) in [6, 6.07) is 8.06. The van der Waals surface area contributed by atoms with Crippen LogP contribution in [0.4, 0.5) is 4.79 Å². The minimum atomic E-state index is -0.0662. The fourth-order valence-corrected chi connectivity index (χ4v) is 1.49. The molecule has 0 aromatic heterocycles. The summed E-state index contributed by atoms with van der Waals surface area (Å²) in [5.74, 6) is 0. The SMILES string of the molecule is CNC(=O)N(C)Cc1ccc(I)cc1. The Labute approximate surface area is 97.6 Å². The van der Waals surface area contributed by atoms with E-state index in [2.05, 4.69) is 27.9 Å². The van der Waals surface area contributed by atoms with Gasteiger partial charge in [-0.3, -0.25) is 0 Å². The van der Waals surface area contributed by atoms with Crippen molar-refractivity contribution >= 4 is 28.6 Å². The predicted molar refractivity (Wildman–Crippen MR) is 65.1 cm³/mol. The first-order chi connectivity index (χ1) is 6.63. The summed E-state index contributed by atoms with van der Waals surface area (Å²) >= 11 is 2.26. The Kier molecular flexibility index (Phi) is 4.19. The first kappa shape index (κ1) is 11.3. The molecule has 0 aliphatic carbocycles. The number of halogens is 1. The fourth-order valence-electron chi connectivity index (χ4n) is 1.13. The lowest BCUT2D eigenvalue weighted by Crippen LogP contribution is -2.34. The van der Waals surface area contributed by atoms with Crippen LogP contribution in [0, 0.1) is 3.57 Å². The van der Waals surface area contributed by atoms with Crippen molar-refractivity contribution in [2.45, 2.75) is 6.54 Å². The second kappa shape index (κ2) is 5.19. The number of hydrogen-bond donors (Lipinski definition) is 1. The van der Waals surface area contributed by atoms with E-state index in [-0.39, 0.29) is 6.03 Å². The molecule has 0 radical (unpaired) electrons. The van der Waals surface area contributed by atoms with Gasteiger partial charge in [0.1, 0.15) is 0 Å². The van der Waals surface area contributed by atoms with Gasteiger partial charge in [-0.05, 0) is 40.3 Å². The van der Waals surface area contributed by atoms with Crippen molar-refractivity contribution in [3.63, 3.8) is 0 Å². The molecule has 76 valence electrons. The molecule has 0 fully saturated rings. The van der Waals surface area contributed by atoms with Crippen LogP contribution in [-0.2, 0) is 6.54 Å². The average molecular weight is 304 g/mol. The van der Waals surface area contributed by atoms with Crippen LogP contribution in [0.3, 0.4) is 0 Å². The summed E-state index contributed by atoms with van der Waals surface area (Å²) in [7, 11) is 3.41. The highest BCUT2D eigenvalue weighted by Crippen LogP contribution is 2.08. The van der Waals surface area contributed by atoms with Gasteiger partial charge in [-0.1, -0.05) is 12.1 Å². The van der Waals surface area contributed by atoms with Crippen LogP contribution in [0.1, 0.15) is 5.56 Å². The lowest BCUT2D eigenvalue weighted by atomic mass is 10.2. The van der Waals surface area contributed by atoms with E-state index in [0.29, 0.717) is 6.54 Å². The number of benzene rings is 1. The summed E-state index contributed by atoms with van der Waals surface area (Å²) in [6.45, 7) is 0.636. The van der Waals surface area contributed by atoms with Crippen LogP contribution in [0.15, 0.2) is 24.3 Å². The molecule has 3 nitrogen and oxygen atoms in total. The van der Waals surface area contributed by atoms with Gasteiger partial charge in [0.15, 0.2) is 0 Å². The van der Waals surface area contributed by atoms with Crippen molar-refractivity contribution < 1.29 is 4.79 Å². The zero-order chi connectivity index (χ0) is 10.6. The molecular weight excluding hydrogens is 291 g/mol. The van der Waals surface area contributed by atoms with Crippen molar-refractivity contribution in [3.05, 3.63) is 33.4 Å². The summed E-state index contributed by atoms with van der Waals surface area (Å²) in [6.07, 6.45) is 0. The Hall–Kier alpha value is -0.780. The quantitative estimate of drug-likeness (QED) is 0.834. The normalized spacial score (nSPS) is 9.64. The number of carbonyl (C=O) groups is 1. The fraction of sp³-hybridized carbons (Fsp3) is 0.300. The molecule has 0 atom stereocenters. The number of rotatable bonds is 2. The topological polar surface area (TPSA) is 32.3 Å². The second-order valence-corrected chi connectivity index (χ2v) is 4.28. The lowest BCUT2D eigenvalue weighted by Gasteiger charge is -2.16. The van der Waals surface area contributed by atoms with Gasteiger partial charge in [-0.25, -0.2) is 4.79 Å². The maximum absolute atomic E-state index is 11.2. The molecule has 2 amide bonds. The van der Waals surface area contributed by atoms with E-state index in [1.807, 2.05) is 24.3 Å². The Morgan fingerprint density at radius 3 is 2.50 bits per heavy atom. The molecule has 0 aliphatic heterocycles. The van der Waals surface area contributed by atoms with Gasteiger partial charge in [0.05, 0.1) is 0 Å². The maximum Gasteiger partial charge on any atom is 0.317 e. The van der Waals surface area contributed by atoms with Gasteiger partial charge < -0.3 is 10.2 Å². The molecule has 4 heteroatoms. The lowest BCUT2D eigenvalue weighted by molar-refractivity contribution is 0.209. The molecule has 14 heavy (non-hydrogen) atoms. The predicted octanol–water partition coefficient (Wildman–Crippen LogP) is 2.06. The van der Waals surface area contributed by atoms with E-state index in [4.69, 9.17) is 0 Å². The minimum Gasteiger partial charge on any atom is -0.341 e. The van der Waals surface area contributed by atoms with E-state index in [1.165, 1.54) is 3.57 Å². The maximum atomic E-state index is 11.2. The molecule has 1 aromatic rings. The zero-order valence-corrected chi connectivity index (χ0v) is 10.4. The molecule has 1 rings (SSSR count). The van der Waals surface area contributed by atoms with Crippen LogP contribution in [0.5, 0.6) is 0 Å². The molecule has 1 aromatic carbocycles. The van der Waals surface area contributed by atoms with Crippen LogP contribution < -0.4 is 5.32 Å². The first-order valence-corrected chi connectivity index (χ1v) is 5.38. The van der Waals surface area contributed by atoms with Crippen LogP contribution in [-0.4, -0.2) is 25.0 Å². The summed E-state index contributed by atoms with van der Waals surface area (Å²) in [5.41, 5.74) is 1.14. The number of amides is 2. The monoisotopic (exact) mass is 304 g/mol. The first-order valence-electron chi connectivity index (χ1n) is 4.31. The standard InChI is InChI=1S/C10H13IN2O/c1-12-10(14)13(2)7-8-3-5-9(11)6-4-8/h3-6H,7H2,1-2H3,(H,12,14). The third-order valence-corrected chi connectivity index (χ3v) is 2.61. The molecule has 0 saturated heterocycles. The van der Waals surface area contributed by atoms with Crippen molar-refractivity contribution in [3.8, 4) is 0 Å². The van der Waals surface area contributed by atoms with E-state index in [9.17, 15) is 4.79 Å². The van der Waals surface area contributed by atoms with Gasteiger partial charge in [0, 0.05) is 24.2 Å². The Balaban J connectivity index is 2.60. The summed E-state index contributed by atoms with van der Waals surface area (Å²) in [4.78, 5) is 12.8. The van der Waals surface area contributed by atoms with E-state index < -0.39 is 0 Å². The van der Waals surface area contributed by atoms with Gasteiger partial charge in [0.25, 0.3) is 0 Å². The highest BCUT2D eigenvalue weighted by atomic mass is 127. The molecule has 0 unspecified atom stereocenters. The molecular formula is C10H13IN2O. The molecule has 0 spiro atoms. The van der Waals surface area contributed by atoms with Crippen LogP contribution in [0.2, 0.25) is 0 Å². The molecule has 0 saturated carbocycles. The van der Waals surface area contributed by atoms with Crippen molar-refractivity contribution in [2.24, 2.45) is 0 Å². The zero-order valence-electron chi connectivity index (χ0n) is 8.25. The van der Waals surface area contributed by atoms with Gasteiger partial charge in [-0.2, -0.15) is 0 Å². The van der Waals surface area contributed by atoms with Crippen LogP contribution in [0.25, 0.3) is 0 Å². The number of carbonyl (C=O) groups excluding carboxylic acids is 1. The smallest absolute Gasteiger partial charge is 0.317 e. The molecule has 0 heterocycles. The van der Waals surface area contributed by atoms with E-state index >= 15 is 0 Å². The Morgan fingerprint density at radius 1 is 1.43 bits per heavy atom. The molecule has 0 bridgehead atoms. The Bertz CT molecular complexity index is 310. The van der Waals surface area contributed by atoms with Gasteiger partial charge in [-0.15, -0.1) is 0 Å². The minimum absolute atomic E-state index is 0.0662.